The van der Waals surface area contributed by atoms with Crippen molar-refractivity contribution in [2.75, 3.05) is 19.8 Å². The number of ether oxygens (including phenoxy) is 1. The zero-order chi connectivity index (χ0) is 15.5. The highest BCUT2D eigenvalue weighted by Crippen LogP contribution is 2.17. The summed E-state index contributed by atoms with van der Waals surface area (Å²) < 4.78 is 6.58. The molecule has 0 amide bonds. The summed E-state index contributed by atoms with van der Waals surface area (Å²) in [4.78, 5) is 0. The first-order valence-corrected chi connectivity index (χ1v) is 8.67. The van der Waals surface area contributed by atoms with Crippen molar-refractivity contribution in [3.05, 3.63) is 34.3 Å². The van der Waals surface area contributed by atoms with Gasteiger partial charge in [-0.25, -0.2) is 0 Å². The topological polar surface area (TPSA) is 41.5 Å². The standard InChI is InChI=1S/C17H28BrNO2/c1-3-4-5-6-10-21-13-17(20)12-19-14(2)15-8-7-9-16(18)11-15/h7-9,11,14,17,19-20H,3-6,10,12-13H2,1-2H3. The van der Waals surface area contributed by atoms with Gasteiger partial charge in [0.1, 0.15) is 0 Å². The highest BCUT2D eigenvalue weighted by atomic mass is 79.9. The van der Waals surface area contributed by atoms with Gasteiger partial charge >= 0.3 is 0 Å². The predicted molar refractivity (Wildman–Crippen MR) is 91.5 cm³/mol. The largest absolute Gasteiger partial charge is 0.389 e. The summed E-state index contributed by atoms with van der Waals surface area (Å²) in [6.07, 6.45) is 4.34. The number of hydrogen-bond donors (Lipinski definition) is 2. The third-order valence-corrected chi connectivity index (χ3v) is 3.95. The zero-order valence-corrected chi connectivity index (χ0v) is 14.7. The van der Waals surface area contributed by atoms with E-state index in [2.05, 4.69) is 47.2 Å². The molecule has 0 radical (unpaired) electrons. The lowest BCUT2D eigenvalue weighted by molar-refractivity contribution is 0.0343. The zero-order valence-electron chi connectivity index (χ0n) is 13.1. The normalized spacial score (nSPS) is 14.1. The minimum atomic E-state index is -0.453. The number of benzene rings is 1. The lowest BCUT2D eigenvalue weighted by Crippen LogP contribution is -2.32. The second-order valence-electron chi connectivity index (χ2n) is 5.47. The van der Waals surface area contributed by atoms with Crippen LogP contribution in [0.25, 0.3) is 0 Å². The van der Waals surface area contributed by atoms with Gasteiger partial charge in [0.25, 0.3) is 0 Å². The van der Waals surface area contributed by atoms with E-state index in [4.69, 9.17) is 4.74 Å². The average Bonchev–Trinajstić information content (AvgIpc) is 2.48. The summed E-state index contributed by atoms with van der Waals surface area (Å²) in [5.41, 5.74) is 1.21. The van der Waals surface area contributed by atoms with Gasteiger partial charge in [0.2, 0.25) is 0 Å². The van der Waals surface area contributed by atoms with Crippen LogP contribution in [-0.4, -0.2) is 31.0 Å². The number of aliphatic hydroxyl groups excluding tert-OH is 1. The smallest absolute Gasteiger partial charge is 0.0897 e. The molecule has 0 spiro atoms. The minimum Gasteiger partial charge on any atom is -0.389 e. The molecule has 2 unspecified atom stereocenters. The molecule has 1 rings (SSSR count). The van der Waals surface area contributed by atoms with E-state index in [0.717, 1.165) is 17.5 Å². The van der Waals surface area contributed by atoms with Crippen LogP contribution >= 0.6 is 15.9 Å². The first kappa shape index (κ1) is 18.6. The predicted octanol–water partition coefficient (Wildman–Crippen LogP) is 4.06. The first-order valence-electron chi connectivity index (χ1n) is 7.88. The number of unbranched alkanes of at least 4 members (excludes halogenated alkanes) is 3. The van der Waals surface area contributed by atoms with Crippen molar-refractivity contribution in [1.82, 2.24) is 5.32 Å². The van der Waals surface area contributed by atoms with Gasteiger partial charge < -0.3 is 15.2 Å². The number of halogens is 1. The molecule has 0 saturated heterocycles. The van der Waals surface area contributed by atoms with Gasteiger partial charge in [0.15, 0.2) is 0 Å². The van der Waals surface area contributed by atoms with Crippen LogP contribution in [0, 0.1) is 0 Å². The summed E-state index contributed by atoms with van der Waals surface area (Å²) in [6, 6.07) is 8.42. The molecule has 1 aromatic carbocycles. The van der Waals surface area contributed by atoms with Gasteiger partial charge in [-0.2, -0.15) is 0 Å². The molecule has 0 aliphatic heterocycles. The second kappa shape index (κ2) is 11.2. The van der Waals surface area contributed by atoms with E-state index in [-0.39, 0.29) is 6.04 Å². The quantitative estimate of drug-likeness (QED) is 0.586. The van der Waals surface area contributed by atoms with Crippen LogP contribution in [0.4, 0.5) is 0 Å². The van der Waals surface area contributed by atoms with E-state index in [9.17, 15) is 5.11 Å². The monoisotopic (exact) mass is 357 g/mol. The Morgan fingerprint density at radius 2 is 2.10 bits per heavy atom. The van der Waals surface area contributed by atoms with Crippen LogP contribution in [0.15, 0.2) is 28.7 Å². The Balaban J connectivity index is 2.13. The Kier molecular flexibility index (Phi) is 9.92. The van der Waals surface area contributed by atoms with Crippen molar-refractivity contribution in [3.8, 4) is 0 Å². The van der Waals surface area contributed by atoms with E-state index in [0.29, 0.717) is 13.2 Å². The summed E-state index contributed by atoms with van der Waals surface area (Å²) in [6.45, 7) is 5.99. The van der Waals surface area contributed by atoms with Gasteiger partial charge in [0, 0.05) is 23.7 Å². The molecule has 2 atom stereocenters. The molecule has 1 aromatic rings. The first-order chi connectivity index (χ1) is 10.1. The van der Waals surface area contributed by atoms with Gasteiger partial charge in [-0.05, 0) is 31.0 Å². The summed E-state index contributed by atoms with van der Waals surface area (Å²) in [5, 5.41) is 13.2. The van der Waals surface area contributed by atoms with Crippen molar-refractivity contribution in [2.24, 2.45) is 0 Å². The third kappa shape index (κ3) is 8.57. The maximum atomic E-state index is 9.91. The SMILES string of the molecule is CCCCCCOCC(O)CNC(C)c1cccc(Br)c1. The Bertz CT molecular complexity index is 387. The molecule has 2 N–H and O–H groups in total. The van der Waals surface area contributed by atoms with Gasteiger partial charge in [0.05, 0.1) is 12.7 Å². The highest BCUT2D eigenvalue weighted by Gasteiger charge is 2.09. The number of aliphatic hydroxyl groups is 1. The number of nitrogens with one attached hydrogen (secondary N) is 1. The Morgan fingerprint density at radius 3 is 2.81 bits per heavy atom. The van der Waals surface area contributed by atoms with Crippen molar-refractivity contribution in [2.45, 2.75) is 51.7 Å². The van der Waals surface area contributed by atoms with Crippen LogP contribution in [0.2, 0.25) is 0 Å². The van der Waals surface area contributed by atoms with Crippen molar-refractivity contribution >= 4 is 15.9 Å². The van der Waals surface area contributed by atoms with Crippen LogP contribution in [0.5, 0.6) is 0 Å². The molecule has 3 nitrogen and oxygen atoms in total. The van der Waals surface area contributed by atoms with E-state index < -0.39 is 6.10 Å². The Labute approximate surface area is 137 Å². The summed E-state index contributed by atoms with van der Waals surface area (Å²) in [7, 11) is 0. The molecule has 0 aliphatic carbocycles. The summed E-state index contributed by atoms with van der Waals surface area (Å²) in [5.74, 6) is 0. The van der Waals surface area contributed by atoms with Gasteiger partial charge in [-0.15, -0.1) is 0 Å². The van der Waals surface area contributed by atoms with Crippen LogP contribution in [0.3, 0.4) is 0 Å². The van der Waals surface area contributed by atoms with E-state index >= 15 is 0 Å². The minimum absolute atomic E-state index is 0.210. The fourth-order valence-electron chi connectivity index (χ4n) is 2.12. The lowest BCUT2D eigenvalue weighted by atomic mass is 10.1. The molecule has 21 heavy (non-hydrogen) atoms. The molecule has 0 bridgehead atoms. The number of rotatable bonds is 11. The Hall–Kier alpha value is -0.420. The maximum absolute atomic E-state index is 9.91. The molecule has 0 fully saturated rings. The van der Waals surface area contributed by atoms with Crippen molar-refractivity contribution in [1.29, 1.82) is 0 Å². The van der Waals surface area contributed by atoms with E-state index in [1.54, 1.807) is 0 Å². The second-order valence-corrected chi connectivity index (χ2v) is 6.39. The Morgan fingerprint density at radius 1 is 1.29 bits per heavy atom. The van der Waals surface area contributed by atoms with E-state index in [1.165, 1.54) is 24.8 Å². The van der Waals surface area contributed by atoms with Crippen molar-refractivity contribution in [3.63, 3.8) is 0 Å². The summed E-state index contributed by atoms with van der Waals surface area (Å²) >= 11 is 3.47. The average molecular weight is 358 g/mol. The molecule has 120 valence electrons. The third-order valence-electron chi connectivity index (χ3n) is 3.46. The van der Waals surface area contributed by atoms with Gasteiger partial charge in [-0.1, -0.05) is 54.2 Å². The van der Waals surface area contributed by atoms with Gasteiger partial charge in [-0.3, -0.25) is 0 Å². The van der Waals surface area contributed by atoms with Crippen LogP contribution in [0.1, 0.15) is 51.1 Å². The van der Waals surface area contributed by atoms with Crippen LogP contribution in [-0.2, 0) is 4.74 Å². The highest BCUT2D eigenvalue weighted by molar-refractivity contribution is 9.10. The molecular formula is C17H28BrNO2. The fourth-order valence-corrected chi connectivity index (χ4v) is 2.53. The number of hydrogen-bond acceptors (Lipinski definition) is 3. The van der Waals surface area contributed by atoms with E-state index in [1.807, 2.05) is 12.1 Å². The van der Waals surface area contributed by atoms with Crippen molar-refractivity contribution < 1.29 is 9.84 Å². The maximum Gasteiger partial charge on any atom is 0.0897 e. The lowest BCUT2D eigenvalue weighted by Gasteiger charge is -2.18. The molecule has 0 aromatic heterocycles. The molecule has 0 heterocycles. The molecule has 0 saturated carbocycles. The fraction of sp³-hybridized carbons (Fsp3) is 0.647. The molecular weight excluding hydrogens is 330 g/mol. The van der Waals surface area contributed by atoms with Crippen LogP contribution < -0.4 is 5.32 Å². The molecule has 0 aliphatic rings. The molecule has 4 heteroatoms.